The lowest BCUT2D eigenvalue weighted by atomic mass is 9.94. The molecular formula is C22H24N4O. The Balaban J connectivity index is 1.61. The van der Waals surface area contributed by atoms with Crippen LogP contribution in [-0.2, 0) is 11.2 Å². The third-order valence-corrected chi connectivity index (χ3v) is 5.42. The molecule has 0 saturated carbocycles. The van der Waals surface area contributed by atoms with Crippen LogP contribution >= 0.6 is 0 Å². The first-order valence-electron chi connectivity index (χ1n) is 9.51. The van der Waals surface area contributed by atoms with Gasteiger partial charge in [-0.15, -0.1) is 0 Å². The van der Waals surface area contributed by atoms with Crippen LogP contribution in [0.4, 0.5) is 0 Å². The second-order valence-corrected chi connectivity index (χ2v) is 7.14. The number of piperidine rings is 1. The fourth-order valence-electron chi connectivity index (χ4n) is 3.91. The van der Waals surface area contributed by atoms with E-state index in [1.165, 1.54) is 5.56 Å². The molecule has 1 aromatic carbocycles. The van der Waals surface area contributed by atoms with Crippen LogP contribution in [-0.4, -0.2) is 32.5 Å². The monoisotopic (exact) mass is 360 g/mol. The molecule has 0 spiro atoms. The van der Waals surface area contributed by atoms with Gasteiger partial charge < -0.3 is 4.90 Å². The largest absolute Gasteiger partial charge is 0.334 e. The van der Waals surface area contributed by atoms with Gasteiger partial charge in [0.25, 0.3) is 0 Å². The standard InChI is InChI=1S/C22H24N4O/c1-16-6-2-3-7-18(16)14-21(27)26-13-5-4-8-20(26)22-19(15-24-25-22)17-9-11-23-12-10-17/h2-3,6-7,9-12,15,20H,4-5,8,13-14H2,1H3,(H,24,25)/t20-/m1/s1. The number of aromatic nitrogens is 3. The second-order valence-electron chi connectivity index (χ2n) is 7.14. The van der Waals surface area contributed by atoms with Crippen LogP contribution in [0.5, 0.6) is 0 Å². The van der Waals surface area contributed by atoms with Gasteiger partial charge in [-0.1, -0.05) is 24.3 Å². The highest BCUT2D eigenvalue weighted by Crippen LogP contribution is 2.35. The number of hydrogen-bond donors (Lipinski definition) is 1. The molecule has 1 atom stereocenters. The first kappa shape index (κ1) is 17.5. The van der Waals surface area contributed by atoms with Crippen molar-refractivity contribution in [3.8, 4) is 11.1 Å². The minimum Gasteiger partial charge on any atom is -0.334 e. The van der Waals surface area contributed by atoms with E-state index >= 15 is 0 Å². The van der Waals surface area contributed by atoms with Gasteiger partial charge in [-0.3, -0.25) is 14.9 Å². The topological polar surface area (TPSA) is 61.9 Å². The van der Waals surface area contributed by atoms with Gasteiger partial charge in [-0.2, -0.15) is 5.10 Å². The number of pyridine rings is 1. The average Bonchev–Trinajstić information content (AvgIpc) is 3.20. The van der Waals surface area contributed by atoms with Gasteiger partial charge in [-0.25, -0.2) is 0 Å². The van der Waals surface area contributed by atoms with E-state index in [-0.39, 0.29) is 11.9 Å². The summed E-state index contributed by atoms with van der Waals surface area (Å²) < 4.78 is 0. The average molecular weight is 360 g/mol. The molecule has 0 unspecified atom stereocenters. The summed E-state index contributed by atoms with van der Waals surface area (Å²) in [7, 11) is 0. The van der Waals surface area contributed by atoms with E-state index < -0.39 is 0 Å². The molecule has 2 aromatic heterocycles. The van der Waals surface area contributed by atoms with E-state index in [1.807, 2.05) is 41.4 Å². The van der Waals surface area contributed by atoms with Crippen molar-refractivity contribution in [2.75, 3.05) is 6.54 Å². The summed E-state index contributed by atoms with van der Waals surface area (Å²) in [5.74, 6) is 0.185. The summed E-state index contributed by atoms with van der Waals surface area (Å²) in [5, 5.41) is 7.45. The van der Waals surface area contributed by atoms with Crippen LogP contribution in [0, 0.1) is 6.92 Å². The normalized spacial score (nSPS) is 17.1. The smallest absolute Gasteiger partial charge is 0.227 e. The molecule has 0 aliphatic carbocycles. The molecule has 1 amide bonds. The maximum Gasteiger partial charge on any atom is 0.227 e. The van der Waals surface area contributed by atoms with Crippen LogP contribution in [0.15, 0.2) is 55.0 Å². The number of hydrogen-bond acceptors (Lipinski definition) is 3. The fraction of sp³-hybridized carbons (Fsp3) is 0.318. The van der Waals surface area contributed by atoms with Crippen molar-refractivity contribution < 1.29 is 4.79 Å². The molecule has 1 aliphatic heterocycles. The number of rotatable bonds is 4. The number of aromatic amines is 1. The molecule has 3 heterocycles. The number of amides is 1. The summed E-state index contributed by atoms with van der Waals surface area (Å²) >= 11 is 0. The van der Waals surface area contributed by atoms with Crippen LogP contribution in [0.2, 0.25) is 0 Å². The van der Waals surface area contributed by atoms with Crippen molar-refractivity contribution in [1.82, 2.24) is 20.1 Å². The number of H-pyrrole nitrogens is 1. The van der Waals surface area contributed by atoms with E-state index in [0.717, 1.165) is 48.2 Å². The minimum absolute atomic E-state index is 0.0425. The number of likely N-dealkylation sites (tertiary alicyclic amines) is 1. The lowest BCUT2D eigenvalue weighted by Crippen LogP contribution is -2.39. The van der Waals surface area contributed by atoms with Crippen molar-refractivity contribution in [3.05, 3.63) is 71.8 Å². The van der Waals surface area contributed by atoms with Crippen LogP contribution in [0.25, 0.3) is 11.1 Å². The number of carbonyl (C=O) groups is 1. The molecule has 4 rings (SSSR count). The highest BCUT2D eigenvalue weighted by Gasteiger charge is 2.31. The molecule has 5 nitrogen and oxygen atoms in total. The zero-order valence-corrected chi connectivity index (χ0v) is 15.6. The van der Waals surface area contributed by atoms with Crippen molar-refractivity contribution in [2.24, 2.45) is 0 Å². The SMILES string of the molecule is Cc1ccccc1CC(=O)N1CCCC[C@@H]1c1[nH]ncc1-c1ccncc1. The molecule has 1 fully saturated rings. The third kappa shape index (κ3) is 3.63. The number of carbonyl (C=O) groups excluding carboxylic acids is 1. The van der Waals surface area contributed by atoms with E-state index in [9.17, 15) is 4.79 Å². The van der Waals surface area contributed by atoms with Gasteiger partial charge in [0.15, 0.2) is 0 Å². The summed E-state index contributed by atoms with van der Waals surface area (Å²) in [4.78, 5) is 19.3. The van der Waals surface area contributed by atoms with Gasteiger partial charge in [-0.05, 0) is 55.0 Å². The van der Waals surface area contributed by atoms with Gasteiger partial charge >= 0.3 is 0 Å². The molecule has 5 heteroatoms. The van der Waals surface area contributed by atoms with Crippen molar-refractivity contribution >= 4 is 5.91 Å². The predicted octanol–water partition coefficient (Wildman–Crippen LogP) is 4.08. The number of aryl methyl sites for hydroxylation is 1. The Labute approximate surface area is 159 Å². The van der Waals surface area contributed by atoms with Gasteiger partial charge in [0.1, 0.15) is 0 Å². The maximum atomic E-state index is 13.2. The second kappa shape index (κ2) is 7.74. The molecule has 3 aromatic rings. The van der Waals surface area contributed by atoms with Crippen molar-refractivity contribution in [1.29, 1.82) is 0 Å². The molecule has 138 valence electrons. The first-order chi connectivity index (χ1) is 13.2. The van der Waals surface area contributed by atoms with Crippen LogP contribution in [0.3, 0.4) is 0 Å². The summed E-state index contributed by atoms with van der Waals surface area (Å²) in [6, 6.07) is 12.1. The fourth-order valence-corrected chi connectivity index (χ4v) is 3.91. The number of nitrogens with zero attached hydrogens (tertiary/aromatic N) is 3. The Kier molecular flexibility index (Phi) is 5.01. The molecule has 0 radical (unpaired) electrons. The Bertz CT molecular complexity index is 919. The lowest BCUT2D eigenvalue weighted by molar-refractivity contribution is -0.134. The summed E-state index contributed by atoms with van der Waals surface area (Å²) in [6.45, 7) is 2.86. The number of nitrogens with one attached hydrogen (secondary N) is 1. The van der Waals surface area contributed by atoms with Crippen molar-refractivity contribution in [3.63, 3.8) is 0 Å². The maximum absolute atomic E-state index is 13.2. The molecule has 1 saturated heterocycles. The minimum atomic E-state index is 0.0425. The molecular weight excluding hydrogens is 336 g/mol. The zero-order chi connectivity index (χ0) is 18.6. The summed E-state index contributed by atoms with van der Waals surface area (Å²) in [5.41, 5.74) is 5.42. The Morgan fingerprint density at radius 3 is 2.81 bits per heavy atom. The highest BCUT2D eigenvalue weighted by molar-refractivity contribution is 5.80. The van der Waals surface area contributed by atoms with E-state index in [1.54, 1.807) is 12.4 Å². The lowest BCUT2D eigenvalue weighted by Gasteiger charge is -2.36. The van der Waals surface area contributed by atoms with E-state index in [2.05, 4.69) is 28.2 Å². The van der Waals surface area contributed by atoms with Gasteiger partial charge in [0, 0.05) is 24.5 Å². The number of benzene rings is 1. The zero-order valence-electron chi connectivity index (χ0n) is 15.6. The van der Waals surface area contributed by atoms with Crippen LogP contribution in [0.1, 0.15) is 42.1 Å². The van der Waals surface area contributed by atoms with E-state index in [4.69, 9.17) is 0 Å². The summed E-state index contributed by atoms with van der Waals surface area (Å²) in [6.07, 6.45) is 9.00. The van der Waals surface area contributed by atoms with Gasteiger partial charge in [0.05, 0.1) is 24.4 Å². The Hall–Kier alpha value is -2.95. The van der Waals surface area contributed by atoms with Gasteiger partial charge in [0.2, 0.25) is 5.91 Å². The molecule has 27 heavy (non-hydrogen) atoms. The first-order valence-corrected chi connectivity index (χ1v) is 9.51. The third-order valence-electron chi connectivity index (χ3n) is 5.42. The molecule has 1 aliphatic rings. The van der Waals surface area contributed by atoms with E-state index in [0.29, 0.717) is 6.42 Å². The highest BCUT2D eigenvalue weighted by atomic mass is 16.2. The quantitative estimate of drug-likeness (QED) is 0.763. The van der Waals surface area contributed by atoms with Crippen molar-refractivity contribution in [2.45, 2.75) is 38.6 Å². The predicted molar refractivity (Wildman–Crippen MR) is 105 cm³/mol. The molecule has 1 N–H and O–H groups in total. The Morgan fingerprint density at radius 1 is 1.19 bits per heavy atom. The Morgan fingerprint density at radius 2 is 2.00 bits per heavy atom. The van der Waals surface area contributed by atoms with Crippen LogP contribution < -0.4 is 0 Å². The molecule has 0 bridgehead atoms.